The molecule has 0 unspecified atom stereocenters. The van der Waals surface area contributed by atoms with Crippen LogP contribution >= 0.6 is 0 Å². The molecule has 1 aromatic rings. The van der Waals surface area contributed by atoms with Gasteiger partial charge in [-0.25, -0.2) is 0 Å². The smallest absolute Gasteiger partial charge is 0.254 e. The summed E-state index contributed by atoms with van der Waals surface area (Å²) in [4.78, 5) is 11.5. The SMILES string of the molecule is NC1(CNC(=O)c2ccoc2)CCC1. The Morgan fingerprint density at radius 3 is 2.93 bits per heavy atom. The summed E-state index contributed by atoms with van der Waals surface area (Å²) in [5.74, 6) is -0.115. The molecule has 1 saturated carbocycles. The van der Waals surface area contributed by atoms with Crippen LogP contribution in [0.2, 0.25) is 0 Å². The van der Waals surface area contributed by atoms with E-state index in [-0.39, 0.29) is 11.4 Å². The number of hydrogen-bond donors (Lipinski definition) is 2. The van der Waals surface area contributed by atoms with Gasteiger partial charge in [-0.1, -0.05) is 0 Å². The summed E-state index contributed by atoms with van der Waals surface area (Å²) < 4.78 is 4.82. The molecule has 3 N–H and O–H groups in total. The minimum atomic E-state index is -0.167. The van der Waals surface area contributed by atoms with Crippen LogP contribution in [0.1, 0.15) is 29.6 Å². The van der Waals surface area contributed by atoms with Gasteiger partial charge in [0.2, 0.25) is 0 Å². The Labute approximate surface area is 82.5 Å². The molecule has 4 nitrogen and oxygen atoms in total. The molecule has 1 aliphatic rings. The van der Waals surface area contributed by atoms with Gasteiger partial charge < -0.3 is 15.5 Å². The number of amides is 1. The Kier molecular flexibility index (Phi) is 2.29. The number of carbonyl (C=O) groups is 1. The van der Waals surface area contributed by atoms with Gasteiger partial charge in [0.25, 0.3) is 5.91 Å². The summed E-state index contributed by atoms with van der Waals surface area (Å²) in [5, 5.41) is 2.80. The Bertz CT molecular complexity index is 315. The molecule has 1 aromatic heterocycles. The fourth-order valence-electron chi connectivity index (χ4n) is 1.56. The maximum absolute atomic E-state index is 11.5. The minimum Gasteiger partial charge on any atom is -0.472 e. The van der Waals surface area contributed by atoms with Crippen LogP contribution in [0.4, 0.5) is 0 Å². The molecular weight excluding hydrogens is 180 g/mol. The van der Waals surface area contributed by atoms with Gasteiger partial charge >= 0.3 is 0 Å². The number of carbonyl (C=O) groups excluding carboxylic acids is 1. The summed E-state index contributed by atoms with van der Waals surface area (Å²) in [7, 11) is 0. The van der Waals surface area contributed by atoms with Crippen LogP contribution in [0.3, 0.4) is 0 Å². The lowest BCUT2D eigenvalue weighted by molar-refractivity contribution is 0.0929. The van der Waals surface area contributed by atoms with Crippen molar-refractivity contribution in [3.63, 3.8) is 0 Å². The van der Waals surface area contributed by atoms with E-state index in [0.717, 1.165) is 19.3 Å². The highest BCUT2D eigenvalue weighted by atomic mass is 16.3. The van der Waals surface area contributed by atoms with Gasteiger partial charge in [0.05, 0.1) is 11.8 Å². The normalized spacial score (nSPS) is 18.6. The van der Waals surface area contributed by atoms with Crippen molar-refractivity contribution in [3.05, 3.63) is 24.2 Å². The molecule has 1 fully saturated rings. The zero-order valence-corrected chi connectivity index (χ0v) is 7.95. The van der Waals surface area contributed by atoms with Crippen molar-refractivity contribution in [1.82, 2.24) is 5.32 Å². The predicted octanol–water partition coefficient (Wildman–Crippen LogP) is 0.891. The van der Waals surface area contributed by atoms with Crippen molar-refractivity contribution in [2.24, 2.45) is 5.73 Å². The van der Waals surface area contributed by atoms with Crippen LogP contribution < -0.4 is 11.1 Å². The second kappa shape index (κ2) is 3.46. The summed E-state index contributed by atoms with van der Waals surface area (Å²) >= 11 is 0. The van der Waals surface area contributed by atoms with E-state index in [1.165, 1.54) is 12.5 Å². The average Bonchev–Trinajstić information content (AvgIpc) is 2.63. The number of hydrogen-bond acceptors (Lipinski definition) is 3. The zero-order valence-electron chi connectivity index (χ0n) is 7.95. The number of nitrogens with one attached hydrogen (secondary N) is 1. The third-order valence-electron chi connectivity index (χ3n) is 2.73. The Hall–Kier alpha value is -1.29. The Morgan fingerprint density at radius 1 is 1.64 bits per heavy atom. The van der Waals surface area contributed by atoms with Crippen LogP contribution in [0.25, 0.3) is 0 Å². The van der Waals surface area contributed by atoms with E-state index < -0.39 is 0 Å². The number of nitrogens with two attached hydrogens (primary N) is 1. The first kappa shape index (κ1) is 9.27. The van der Waals surface area contributed by atoms with Gasteiger partial charge in [-0.05, 0) is 25.3 Å². The van der Waals surface area contributed by atoms with Gasteiger partial charge in [0.15, 0.2) is 0 Å². The monoisotopic (exact) mass is 194 g/mol. The molecule has 0 saturated heterocycles. The second-order valence-corrected chi connectivity index (χ2v) is 3.91. The van der Waals surface area contributed by atoms with Crippen molar-refractivity contribution in [3.8, 4) is 0 Å². The first-order valence-corrected chi connectivity index (χ1v) is 4.79. The maximum atomic E-state index is 11.5. The van der Waals surface area contributed by atoms with E-state index in [1.807, 2.05) is 0 Å². The molecular formula is C10H14N2O2. The number of rotatable bonds is 3. The molecule has 14 heavy (non-hydrogen) atoms. The van der Waals surface area contributed by atoms with E-state index >= 15 is 0 Å². The molecule has 0 aliphatic heterocycles. The first-order chi connectivity index (χ1) is 6.70. The van der Waals surface area contributed by atoms with Crippen molar-refractivity contribution in [1.29, 1.82) is 0 Å². The molecule has 1 amide bonds. The van der Waals surface area contributed by atoms with Gasteiger partial charge in [-0.2, -0.15) is 0 Å². The lowest BCUT2D eigenvalue weighted by Gasteiger charge is -2.38. The molecule has 0 atom stereocenters. The van der Waals surface area contributed by atoms with E-state index in [2.05, 4.69) is 5.32 Å². The van der Waals surface area contributed by atoms with Crippen molar-refractivity contribution < 1.29 is 9.21 Å². The Balaban J connectivity index is 1.84. The molecule has 0 spiro atoms. The second-order valence-electron chi connectivity index (χ2n) is 3.91. The zero-order chi connectivity index (χ0) is 10.0. The third kappa shape index (κ3) is 1.80. The van der Waals surface area contributed by atoms with Crippen molar-refractivity contribution >= 4 is 5.91 Å². The Morgan fingerprint density at radius 2 is 2.43 bits per heavy atom. The number of furan rings is 1. The van der Waals surface area contributed by atoms with E-state index in [0.29, 0.717) is 12.1 Å². The van der Waals surface area contributed by atoms with Gasteiger partial charge in [0, 0.05) is 12.1 Å². The predicted molar refractivity (Wildman–Crippen MR) is 51.8 cm³/mol. The fraction of sp³-hybridized carbons (Fsp3) is 0.500. The van der Waals surface area contributed by atoms with Crippen LogP contribution in [-0.4, -0.2) is 18.0 Å². The van der Waals surface area contributed by atoms with Gasteiger partial charge in [-0.3, -0.25) is 4.79 Å². The fourth-order valence-corrected chi connectivity index (χ4v) is 1.56. The minimum absolute atomic E-state index is 0.115. The molecule has 76 valence electrons. The topological polar surface area (TPSA) is 68.3 Å². The maximum Gasteiger partial charge on any atom is 0.254 e. The van der Waals surface area contributed by atoms with Gasteiger partial charge in [-0.15, -0.1) is 0 Å². The van der Waals surface area contributed by atoms with E-state index in [1.54, 1.807) is 6.07 Å². The largest absolute Gasteiger partial charge is 0.472 e. The highest BCUT2D eigenvalue weighted by Gasteiger charge is 2.32. The van der Waals surface area contributed by atoms with Crippen LogP contribution in [0, 0.1) is 0 Å². The lowest BCUT2D eigenvalue weighted by atomic mass is 9.78. The lowest BCUT2D eigenvalue weighted by Crippen LogP contribution is -2.54. The molecule has 1 heterocycles. The molecule has 2 rings (SSSR count). The molecule has 0 radical (unpaired) electrons. The first-order valence-electron chi connectivity index (χ1n) is 4.79. The third-order valence-corrected chi connectivity index (χ3v) is 2.73. The van der Waals surface area contributed by atoms with Crippen LogP contribution in [-0.2, 0) is 0 Å². The van der Waals surface area contributed by atoms with Crippen LogP contribution in [0.15, 0.2) is 23.0 Å². The van der Waals surface area contributed by atoms with Crippen LogP contribution in [0.5, 0.6) is 0 Å². The highest BCUT2D eigenvalue weighted by molar-refractivity contribution is 5.93. The summed E-state index contributed by atoms with van der Waals surface area (Å²) in [5.41, 5.74) is 6.35. The summed E-state index contributed by atoms with van der Waals surface area (Å²) in [6.07, 6.45) is 6.07. The molecule has 0 aromatic carbocycles. The molecule has 0 bridgehead atoms. The highest BCUT2D eigenvalue weighted by Crippen LogP contribution is 2.28. The van der Waals surface area contributed by atoms with Crippen molar-refractivity contribution in [2.75, 3.05) is 6.54 Å². The van der Waals surface area contributed by atoms with E-state index in [4.69, 9.17) is 10.2 Å². The van der Waals surface area contributed by atoms with Crippen molar-refractivity contribution in [2.45, 2.75) is 24.8 Å². The summed E-state index contributed by atoms with van der Waals surface area (Å²) in [6.45, 7) is 0.553. The average molecular weight is 194 g/mol. The van der Waals surface area contributed by atoms with E-state index in [9.17, 15) is 4.79 Å². The van der Waals surface area contributed by atoms with Gasteiger partial charge in [0.1, 0.15) is 6.26 Å². The standard InChI is InChI=1S/C10H14N2O2/c11-10(3-1-4-10)7-12-9(13)8-2-5-14-6-8/h2,5-6H,1,3-4,7,11H2,(H,12,13). The summed E-state index contributed by atoms with van der Waals surface area (Å²) in [6, 6.07) is 1.64. The molecule has 4 heteroatoms. The quantitative estimate of drug-likeness (QED) is 0.750. The molecule has 1 aliphatic carbocycles.